The molecule has 1 N–H and O–H groups in total. The smallest absolute Gasteiger partial charge is 0.341 e. The van der Waals surface area contributed by atoms with Crippen LogP contribution in [0.3, 0.4) is 0 Å². The minimum absolute atomic E-state index is 0.0949. The van der Waals surface area contributed by atoms with Gasteiger partial charge in [-0.15, -0.1) is 0 Å². The van der Waals surface area contributed by atoms with Crippen LogP contribution in [0.2, 0.25) is 0 Å². The summed E-state index contributed by atoms with van der Waals surface area (Å²) in [5, 5.41) is 8.98. The van der Waals surface area contributed by atoms with Crippen molar-refractivity contribution in [3.63, 3.8) is 0 Å². The van der Waals surface area contributed by atoms with Crippen molar-refractivity contribution in [1.82, 2.24) is 4.98 Å². The molecule has 1 fully saturated rings. The molecular formula is C11H12BrNO3. The number of hydrogen-bond donors (Lipinski definition) is 1. The summed E-state index contributed by atoms with van der Waals surface area (Å²) in [5.74, 6) is -0.395. The lowest BCUT2D eigenvalue weighted by Crippen LogP contribution is -2.13. The molecule has 0 unspecified atom stereocenters. The van der Waals surface area contributed by atoms with Gasteiger partial charge in [0.25, 0.3) is 0 Å². The number of nitrogens with zero attached hydrogens (tertiary/aromatic N) is 1. The van der Waals surface area contributed by atoms with Gasteiger partial charge in [-0.05, 0) is 34.8 Å². The van der Waals surface area contributed by atoms with Crippen LogP contribution in [-0.4, -0.2) is 23.2 Å². The minimum Gasteiger partial charge on any atom is -0.480 e. The van der Waals surface area contributed by atoms with Gasteiger partial charge < -0.3 is 9.84 Å². The van der Waals surface area contributed by atoms with Gasteiger partial charge in [0.2, 0.25) is 5.88 Å². The number of carboxylic acids is 1. The first-order valence-electron chi connectivity index (χ1n) is 5.11. The van der Waals surface area contributed by atoms with Gasteiger partial charge in [-0.25, -0.2) is 9.78 Å². The number of ether oxygens (including phenoxy) is 1. The summed E-state index contributed by atoms with van der Waals surface area (Å²) >= 11 is 3.37. The maximum Gasteiger partial charge on any atom is 0.341 e. The largest absolute Gasteiger partial charge is 0.480 e. The fourth-order valence-electron chi connectivity index (χ4n) is 1.76. The number of methoxy groups -OCH3 is 1. The topological polar surface area (TPSA) is 59.4 Å². The Hall–Kier alpha value is -1.10. The molecule has 0 spiro atoms. The molecule has 0 radical (unpaired) electrons. The van der Waals surface area contributed by atoms with Gasteiger partial charge in [0.15, 0.2) is 0 Å². The number of carbonyl (C=O) groups is 1. The van der Waals surface area contributed by atoms with Crippen LogP contribution in [0.4, 0.5) is 0 Å². The van der Waals surface area contributed by atoms with Gasteiger partial charge in [0.05, 0.1) is 12.8 Å². The van der Waals surface area contributed by atoms with Crippen molar-refractivity contribution in [1.29, 1.82) is 0 Å². The fraction of sp³-hybridized carbons (Fsp3) is 0.455. The molecule has 0 saturated heterocycles. The van der Waals surface area contributed by atoms with Crippen LogP contribution in [0.5, 0.6) is 5.88 Å². The second kappa shape index (κ2) is 4.41. The number of rotatable bonds is 3. The number of aromatic carboxylic acids is 1. The van der Waals surface area contributed by atoms with Gasteiger partial charge in [-0.1, -0.05) is 6.42 Å². The van der Waals surface area contributed by atoms with Crippen molar-refractivity contribution in [3.05, 3.63) is 21.8 Å². The Labute approximate surface area is 102 Å². The van der Waals surface area contributed by atoms with E-state index in [-0.39, 0.29) is 11.4 Å². The quantitative estimate of drug-likeness (QED) is 0.928. The molecule has 1 saturated carbocycles. The van der Waals surface area contributed by atoms with E-state index in [2.05, 4.69) is 20.9 Å². The average molecular weight is 286 g/mol. The third-order valence-electron chi connectivity index (χ3n) is 2.88. The molecule has 2 rings (SSSR count). The fourth-order valence-corrected chi connectivity index (χ4v) is 2.40. The predicted octanol–water partition coefficient (Wildman–Crippen LogP) is 2.82. The Morgan fingerprint density at radius 2 is 2.31 bits per heavy atom. The highest BCUT2D eigenvalue weighted by atomic mass is 79.9. The summed E-state index contributed by atoms with van der Waals surface area (Å²) in [4.78, 5) is 15.2. The summed E-state index contributed by atoms with van der Waals surface area (Å²) in [6, 6.07) is 1.57. The van der Waals surface area contributed by atoms with Crippen LogP contribution in [-0.2, 0) is 0 Å². The first kappa shape index (κ1) is 11.4. The molecule has 86 valence electrons. The van der Waals surface area contributed by atoms with Gasteiger partial charge in [-0.3, -0.25) is 0 Å². The Morgan fingerprint density at radius 3 is 2.75 bits per heavy atom. The van der Waals surface area contributed by atoms with Gasteiger partial charge in [0, 0.05) is 10.4 Å². The number of pyridine rings is 1. The third-order valence-corrected chi connectivity index (χ3v) is 3.52. The molecule has 5 heteroatoms. The normalized spacial score (nSPS) is 15.6. The number of hydrogen-bond acceptors (Lipinski definition) is 3. The monoisotopic (exact) mass is 285 g/mol. The lowest BCUT2D eigenvalue weighted by atomic mass is 9.82. The molecule has 0 atom stereocenters. The standard InChI is InChI=1S/C11H12BrNO3/c1-16-10-7(11(14)15)5-8(12)9(13-10)6-3-2-4-6/h5-6H,2-4H2,1H3,(H,14,15). The molecular weight excluding hydrogens is 274 g/mol. The first-order chi connectivity index (χ1) is 7.63. The lowest BCUT2D eigenvalue weighted by molar-refractivity contribution is 0.0692. The van der Waals surface area contributed by atoms with E-state index in [1.165, 1.54) is 13.5 Å². The molecule has 0 aliphatic heterocycles. The van der Waals surface area contributed by atoms with Gasteiger partial charge in [-0.2, -0.15) is 0 Å². The summed E-state index contributed by atoms with van der Waals surface area (Å²) < 4.78 is 5.77. The highest BCUT2D eigenvalue weighted by molar-refractivity contribution is 9.10. The average Bonchev–Trinajstić information content (AvgIpc) is 2.17. The van der Waals surface area contributed by atoms with E-state index >= 15 is 0 Å². The summed E-state index contributed by atoms with van der Waals surface area (Å²) in [6.45, 7) is 0. The zero-order chi connectivity index (χ0) is 11.7. The van der Waals surface area contributed by atoms with Crippen molar-refractivity contribution in [2.24, 2.45) is 0 Å². The Bertz CT molecular complexity index is 429. The van der Waals surface area contributed by atoms with Crippen LogP contribution in [0.15, 0.2) is 10.5 Å². The van der Waals surface area contributed by atoms with E-state index in [0.29, 0.717) is 5.92 Å². The molecule has 0 aromatic carbocycles. The van der Waals surface area contributed by atoms with Crippen LogP contribution in [0, 0.1) is 0 Å². The summed E-state index contributed by atoms with van der Waals surface area (Å²) in [7, 11) is 1.44. The first-order valence-corrected chi connectivity index (χ1v) is 5.90. The van der Waals surface area contributed by atoms with Crippen LogP contribution in [0.25, 0.3) is 0 Å². The van der Waals surface area contributed by atoms with E-state index in [4.69, 9.17) is 9.84 Å². The Balaban J connectivity index is 2.45. The van der Waals surface area contributed by atoms with Crippen LogP contribution < -0.4 is 4.74 Å². The van der Waals surface area contributed by atoms with E-state index in [1.54, 1.807) is 6.07 Å². The third kappa shape index (κ3) is 1.91. The van der Waals surface area contributed by atoms with Gasteiger partial charge in [0.1, 0.15) is 5.56 Å². The minimum atomic E-state index is -1.02. The molecule has 1 aliphatic carbocycles. The Morgan fingerprint density at radius 1 is 1.62 bits per heavy atom. The molecule has 1 heterocycles. The SMILES string of the molecule is COc1nc(C2CCC2)c(Br)cc1C(=O)O. The van der Waals surface area contributed by atoms with Gasteiger partial charge >= 0.3 is 5.97 Å². The second-order valence-corrected chi connectivity index (χ2v) is 4.70. The van der Waals surface area contributed by atoms with Crippen molar-refractivity contribution in [3.8, 4) is 5.88 Å². The molecule has 0 bridgehead atoms. The molecule has 1 aromatic heterocycles. The lowest BCUT2D eigenvalue weighted by Gasteiger charge is -2.26. The van der Waals surface area contributed by atoms with Crippen LogP contribution in [0.1, 0.15) is 41.2 Å². The highest BCUT2D eigenvalue weighted by Gasteiger charge is 2.26. The number of aromatic nitrogens is 1. The Kier molecular flexibility index (Phi) is 3.14. The summed E-state index contributed by atoms with van der Waals surface area (Å²) in [5.41, 5.74) is 1.01. The zero-order valence-electron chi connectivity index (χ0n) is 8.86. The number of halogens is 1. The molecule has 16 heavy (non-hydrogen) atoms. The van der Waals surface area contributed by atoms with E-state index in [9.17, 15) is 4.79 Å². The van der Waals surface area contributed by atoms with Crippen molar-refractivity contribution < 1.29 is 14.6 Å². The van der Waals surface area contributed by atoms with Crippen molar-refractivity contribution in [2.75, 3.05) is 7.11 Å². The molecule has 4 nitrogen and oxygen atoms in total. The maximum absolute atomic E-state index is 11.0. The number of carboxylic acid groups (broad SMARTS) is 1. The predicted molar refractivity (Wildman–Crippen MR) is 62.0 cm³/mol. The van der Waals surface area contributed by atoms with Crippen LogP contribution >= 0.6 is 15.9 Å². The zero-order valence-corrected chi connectivity index (χ0v) is 10.5. The second-order valence-electron chi connectivity index (χ2n) is 3.85. The van der Waals surface area contributed by atoms with E-state index in [0.717, 1.165) is 23.0 Å². The van der Waals surface area contributed by atoms with Crippen molar-refractivity contribution in [2.45, 2.75) is 25.2 Å². The van der Waals surface area contributed by atoms with E-state index < -0.39 is 5.97 Å². The molecule has 1 aromatic rings. The highest BCUT2D eigenvalue weighted by Crippen LogP contribution is 2.40. The molecule has 1 aliphatic rings. The maximum atomic E-state index is 11.0. The van der Waals surface area contributed by atoms with Crippen molar-refractivity contribution >= 4 is 21.9 Å². The molecule has 0 amide bonds. The van der Waals surface area contributed by atoms with E-state index in [1.807, 2.05) is 0 Å². The summed E-state index contributed by atoms with van der Waals surface area (Å²) in [6.07, 6.45) is 3.43.